The standard InChI is InChI=1S/C12H13FN2S/c1-8-4-5-16-12(8)7-15-9-2-3-11(14)10(13)6-9/h2-6,15H,7,14H2,1H3. The van der Waals surface area contributed by atoms with Crippen molar-refractivity contribution in [1.29, 1.82) is 0 Å². The number of hydrogen-bond donors (Lipinski definition) is 2. The molecule has 2 aromatic rings. The molecule has 0 saturated carbocycles. The zero-order chi connectivity index (χ0) is 11.5. The van der Waals surface area contributed by atoms with Gasteiger partial charge >= 0.3 is 0 Å². The van der Waals surface area contributed by atoms with Crippen LogP contribution < -0.4 is 11.1 Å². The third kappa shape index (κ3) is 2.33. The van der Waals surface area contributed by atoms with E-state index in [1.54, 1.807) is 23.5 Å². The van der Waals surface area contributed by atoms with Crippen molar-refractivity contribution in [3.05, 3.63) is 45.9 Å². The van der Waals surface area contributed by atoms with Gasteiger partial charge in [0.05, 0.1) is 5.69 Å². The molecule has 0 amide bonds. The number of aryl methyl sites for hydroxylation is 1. The Hall–Kier alpha value is -1.55. The number of hydrogen-bond acceptors (Lipinski definition) is 3. The Morgan fingerprint density at radius 2 is 2.19 bits per heavy atom. The minimum atomic E-state index is -0.382. The van der Waals surface area contributed by atoms with Gasteiger partial charge in [-0.15, -0.1) is 11.3 Å². The highest BCUT2D eigenvalue weighted by molar-refractivity contribution is 7.10. The summed E-state index contributed by atoms with van der Waals surface area (Å²) in [7, 11) is 0. The van der Waals surface area contributed by atoms with Gasteiger partial charge in [-0.1, -0.05) is 0 Å². The van der Waals surface area contributed by atoms with Crippen molar-refractivity contribution in [3.63, 3.8) is 0 Å². The number of anilines is 2. The Kier molecular flexibility index (Phi) is 3.10. The van der Waals surface area contributed by atoms with Crippen LogP contribution in [0.5, 0.6) is 0 Å². The van der Waals surface area contributed by atoms with E-state index in [0.717, 1.165) is 5.69 Å². The molecule has 16 heavy (non-hydrogen) atoms. The molecule has 0 atom stereocenters. The topological polar surface area (TPSA) is 38.0 Å². The molecular formula is C12H13FN2S. The number of rotatable bonds is 3. The molecule has 0 radical (unpaired) electrons. The third-order valence-electron chi connectivity index (χ3n) is 2.42. The van der Waals surface area contributed by atoms with Crippen LogP contribution >= 0.6 is 11.3 Å². The van der Waals surface area contributed by atoms with Crippen LogP contribution in [0.1, 0.15) is 10.4 Å². The maximum Gasteiger partial charge on any atom is 0.148 e. The highest BCUT2D eigenvalue weighted by atomic mass is 32.1. The van der Waals surface area contributed by atoms with E-state index in [-0.39, 0.29) is 11.5 Å². The SMILES string of the molecule is Cc1ccsc1CNc1ccc(N)c(F)c1. The summed E-state index contributed by atoms with van der Waals surface area (Å²) in [5.74, 6) is -0.382. The van der Waals surface area contributed by atoms with Gasteiger partial charge in [-0.3, -0.25) is 0 Å². The fraction of sp³-hybridized carbons (Fsp3) is 0.167. The second kappa shape index (κ2) is 4.53. The summed E-state index contributed by atoms with van der Waals surface area (Å²) in [6.07, 6.45) is 0. The van der Waals surface area contributed by atoms with Crippen LogP contribution in [0.4, 0.5) is 15.8 Å². The highest BCUT2D eigenvalue weighted by Gasteiger charge is 2.02. The number of halogens is 1. The molecule has 0 fully saturated rings. The molecule has 1 heterocycles. The maximum atomic E-state index is 13.2. The van der Waals surface area contributed by atoms with Crippen molar-refractivity contribution in [1.82, 2.24) is 0 Å². The second-order valence-electron chi connectivity index (χ2n) is 3.62. The quantitative estimate of drug-likeness (QED) is 0.802. The van der Waals surface area contributed by atoms with E-state index < -0.39 is 0 Å². The molecule has 4 heteroatoms. The van der Waals surface area contributed by atoms with E-state index in [4.69, 9.17) is 5.73 Å². The van der Waals surface area contributed by atoms with Gasteiger partial charge in [-0.25, -0.2) is 4.39 Å². The summed E-state index contributed by atoms with van der Waals surface area (Å²) in [6.45, 7) is 2.78. The largest absolute Gasteiger partial charge is 0.396 e. The van der Waals surface area contributed by atoms with Crippen LogP contribution in [-0.2, 0) is 6.54 Å². The number of nitrogens with one attached hydrogen (secondary N) is 1. The van der Waals surface area contributed by atoms with Crippen LogP contribution in [0.25, 0.3) is 0 Å². The fourth-order valence-electron chi connectivity index (χ4n) is 1.40. The van der Waals surface area contributed by atoms with Gasteiger partial charge in [0, 0.05) is 17.1 Å². The minimum absolute atomic E-state index is 0.179. The molecule has 2 nitrogen and oxygen atoms in total. The lowest BCUT2D eigenvalue weighted by atomic mass is 10.2. The normalized spacial score (nSPS) is 10.4. The first kappa shape index (κ1) is 11.0. The zero-order valence-corrected chi connectivity index (χ0v) is 9.77. The van der Waals surface area contributed by atoms with Crippen LogP contribution in [0, 0.1) is 12.7 Å². The smallest absolute Gasteiger partial charge is 0.148 e. The first-order valence-electron chi connectivity index (χ1n) is 4.98. The van der Waals surface area contributed by atoms with Crippen LogP contribution in [0.2, 0.25) is 0 Å². The second-order valence-corrected chi connectivity index (χ2v) is 4.62. The van der Waals surface area contributed by atoms with E-state index in [1.807, 2.05) is 0 Å². The summed E-state index contributed by atoms with van der Waals surface area (Å²) in [6, 6.07) is 6.84. The van der Waals surface area contributed by atoms with Gasteiger partial charge in [0.1, 0.15) is 5.82 Å². The molecule has 1 aromatic carbocycles. The van der Waals surface area contributed by atoms with Gasteiger partial charge in [-0.05, 0) is 42.1 Å². The lowest BCUT2D eigenvalue weighted by Gasteiger charge is -2.06. The Labute approximate surface area is 97.9 Å². The van der Waals surface area contributed by atoms with E-state index in [1.165, 1.54) is 16.5 Å². The van der Waals surface area contributed by atoms with Gasteiger partial charge in [-0.2, -0.15) is 0 Å². The first-order chi connectivity index (χ1) is 7.66. The van der Waals surface area contributed by atoms with Gasteiger partial charge in [0.15, 0.2) is 0 Å². The average Bonchev–Trinajstić information content (AvgIpc) is 2.66. The molecule has 2 rings (SSSR count). The predicted octanol–water partition coefficient (Wildman–Crippen LogP) is 3.39. The Bertz CT molecular complexity index is 494. The lowest BCUT2D eigenvalue weighted by molar-refractivity contribution is 0.633. The molecular weight excluding hydrogens is 223 g/mol. The monoisotopic (exact) mass is 236 g/mol. The fourth-order valence-corrected chi connectivity index (χ4v) is 2.25. The van der Waals surface area contributed by atoms with Gasteiger partial charge in [0.25, 0.3) is 0 Å². The molecule has 0 spiro atoms. The third-order valence-corrected chi connectivity index (χ3v) is 3.44. The van der Waals surface area contributed by atoms with Crippen LogP contribution in [-0.4, -0.2) is 0 Å². The maximum absolute atomic E-state index is 13.2. The van der Waals surface area contributed by atoms with E-state index in [2.05, 4.69) is 23.7 Å². The zero-order valence-electron chi connectivity index (χ0n) is 8.96. The molecule has 84 valence electrons. The van der Waals surface area contributed by atoms with Crippen molar-refractivity contribution in [2.45, 2.75) is 13.5 Å². The Morgan fingerprint density at radius 1 is 1.38 bits per heavy atom. The Morgan fingerprint density at radius 3 is 2.81 bits per heavy atom. The molecule has 0 aliphatic heterocycles. The molecule has 3 N–H and O–H groups in total. The highest BCUT2D eigenvalue weighted by Crippen LogP contribution is 2.19. The minimum Gasteiger partial charge on any atom is -0.396 e. The predicted molar refractivity (Wildman–Crippen MR) is 67.2 cm³/mol. The number of thiophene rings is 1. The lowest BCUT2D eigenvalue weighted by Crippen LogP contribution is -2.00. The number of nitrogen functional groups attached to an aromatic ring is 1. The first-order valence-corrected chi connectivity index (χ1v) is 5.86. The van der Waals surface area contributed by atoms with Gasteiger partial charge in [0.2, 0.25) is 0 Å². The Balaban J connectivity index is 2.05. The summed E-state index contributed by atoms with van der Waals surface area (Å²) in [5.41, 5.74) is 7.59. The van der Waals surface area contributed by atoms with Crippen molar-refractivity contribution in [2.75, 3.05) is 11.1 Å². The molecule has 0 aliphatic rings. The number of nitrogens with two attached hydrogens (primary N) is 1. The molecule has 1 aromatic heterocycles. The van der Waals surface area contributed by atoms with Crippen LogP contribution in [0.15, 0.2) is 29.6 Å². The van der Waals surface area contributed by atoms with E-state index in [0.29, 0.717) is 6.54 Å². The van der Waals surface area contributed by atoms with Gasteiger partial charge < -0.3 is 11.1 Å². The molecule has 0 unspecified atom stereocenters. The van der Waals surface area contributed by atoms with E-state index in [9.17, 15) is 4.39 Å². The van der Waals surface area contributed by atoms with Crippen molar-refractivity contribution >= 4 is 22.7 Å². The summed E-state index contributed by atoms with van der Waals surface area (Å²) in [4.78, 5) is 1.26. The van der Waals surface area contributed by atoms with Crippen LogP contribution in [0.3, 0.4) is 0 Å². The summed E-state index contributed by atoms with van der Waals surface area (Å²) < 4.78 is 13.2. The van der Waals surface area contributed by atoms with E-state index >= 15 is 0 Å². The number of benzene rings is 1. The average molecular weight is 236 g/mol. The molecule has 0 aliphatic carbocycles. The van der Waals surface area contributed by atoms with Crippen molar-refractivity contribution in [3.8, 4) is 0 Å². The summed E-state index contributed by atoms with van der Waals surface area (Å²) in [5, 5.41) is 5.22. The molecule has 0 saturated heterocycles. The van der Waals surface area contributed by atoms with Crippen molar-refractivity contribution < 1.29 is 4.39 Å². The summed E-state index contributed by atoms with van der Waals surface area (Å²) >= 11 is 1.70. The van der Waals surface area contributed by atoms with Crippen molar-refractivity contribution in [2.24, 2.45) is 0 Å². The molecule has 0 bridgehead atoms.